The average Bonchev–Trinajstić information content (AvgIpc) is 2.86. The standard InChI is InChI=1S/C16H11NO4/c1-10-2-5-12(6-3-10)15-13-8-11(9-18)4-7-14(13)21-16(15)17(19)20/h2-9H,1H3. The van der Waals surface area contributed by atoms with Gasteiger partial charge in [-0.05, 0) is 30.7 Å². The van der Waals surface area contributed by atoms with Crippen LogP contribution in [0.4, 0.5) is 5.88 Å². The molecule has 0 bridgehead atoms. The van der Waals surface area contributed by atoms with Gasteiger partial charge in [-0.3, -0.25) is 14.9 Å². The van der Waals surface area contributed by atoms with Crippen LogP contribution in [0.2, 0.25) is 0 Å². The molecule has 0 aliphatic rings. The lowest BCUT2D eigenvalue weighted by atomic mass is 10.0. The number of rotatable bonds is 3. The second kappa shape index (κ2) is 4.86. The summed E-state index contributed by atoms with van der Waals surface area (Å²) < 4.78 is 5.33. The Labute approximate surface area is 120 Å². The van der Waals surface area contributed by atoms with Crippen LogP contribution in [0.3, 0.4) is 0 Å². The summed E-state index contributed by atoms with van der Waals surface area (Å²) in [6.45, 7) is 1.94. The molecule has 2 aromatic carbocycles. The van der Waals surface area contributed by atoms with Crippen LogP contribution in [-0.4, -0.2) is 11.2 Å². The van der Waals surface area contributed by atoms with E-state index < -0.39 is 4.92 Å². The molecular weight excluding hydrogens is 270 g/mol. The van der Waals surface area contributed by atoms with Crippen LogP contribution >= 0.6 is 0 Å². The summed E-state index contributed by atoms with van der Waals surface area (Å²) in [5, 5.41) is 11.8. The van der Waals surface area contributed by atoms with Crippen molar-refractivity contribution < 1.29 is 14.1 Å². The molecule has 1 aromatic heterocycles. The van der Waals surface area contributed by atoms with Crippen molar-refractivity contribution in [3.05, 3.63) is 63.7 Å². The summed E-state index contributed by atoms with van der Waals surface area (Å²) in [7, 11) is 0. The van der Waals surface area contributed by atoms with Crippen molar-refractivity contribution in [3.8, 4) is 11.1 Å². The topological polar surface area (TPSA) is 73.3 Å². The summed E-state index contributed by atoms with van der Waals surface area (Å²) in [6.07, 6.45) is 0.706. The van der Waals surface area contributed by atoms with Gasteiger partial charge in [-0.15, -0.1) is 0 Å². The first-order chi connectivity index (χ1) is 10.1. The van der Waals surface area contributed by atoms with Gasteiger partial charge in [-0.2, -0.15) is 0 Å². The molecule has 0 atom stereocenters. The maximum Gasteiger partial charge on any atom is 0.442 e. The fourth-order valence-electron chi connectivity index (χ4n) is 2.30. The molecule has 0 fully saturated rings. The molecule has 0 amide bonds. The Morgan fingerprint density at radius 1 is 1.14 bits per heavy atom. The van der Waals surface area contributed by atoms with Gasteiger partial charge < -0.3 is 4.42 Å². The van der Waals surface area contributed by atoms with Crippen LogP contribution in [0.1, 0.15) is 15.9 Å². The minimum atomic E-state index is -0.546. The number of aldehydes is 1. The van der Waals surface area contributed by atoms with Crippen molar-refractivity contribution >= 4 is 23.1 Å². The Hall–Kier alpha value is -2.95. The lowest BCUT2D eigenvalue weighted by molar-refractivity contribution is -0.400. The highest BCUT2D eigenvalue weighted by molar-refractivity contribution is 6.00. The van der Waals surface area contributed by atoms with Gasteiger partial charge in [0.05, 0.1) is 0 Å². The van der Waals surface area contributed by atoms with Crippen LogP contribution in [0, 0.1) is 17.0 Å². The van der Waals surface area contributed by atoms with Gasteiger partial charge in [0, 0.05) is 10.9 Å². The number of aryl methyl sites for hydroxylation is 1. The zero-order valence-electron chi connectivity index (χ0n) is 11.2. The van der Waals surface area contributed by atoms with Gasteiger partial charge in [0.15, 0.2) is 0 Å². The van der Waals surface area contributed by atoms with E-state index in [1.807, 2.05) is 19.1 Å². The van der Waals surface area contributed by atoms with Crippen molar-refractivity contribution in [2.45, 2.75) is 6.92 Å². The third-order valence-electron chi connectivity index (χ3n) is 3.34. The Kier molecular flexibility index (Phi) is 3.02. The first-order valence-electron chi connectivity index (χ1n) is 6.33. The van der Waals surface area contributed by atoms with E-state index in [1.54, 1.807) is 30.3 Å². The molecular formula is C16H11NO4. The van der Waals surface area contributed by atoms with Gasteiger partial charge in [0.1, 0.15) is 22.4 Å². The molecule has 5 nitrogen and oxygen atoms in total. The molecule has 0 spiro atoms. The Morgan fingerprint density at radius 3 is 2.48 bits per heavy atom. The molecule has 104 valence electrons. The Balaban J connectivity index is 2.36. The zero-order valence-corrected chi connectivity index (χ0v) is 11.2. The van der Waals surface area contributed by atoms with Gasteiger partial charge in [-0.1, -0.05) is 29.8 Å². The van der Waals surface area contributed by atoms with Gasteiger partial charge in [-0.25, -0.2) is 0 Å². The smallest absolute Gasteiger partial charge is 0.400 e. The molecule has 5 heteroatoms. The minimum absolute atomic E-state index is 0.308. The minimum Gasteiger partial charge on any atom is -0.400 e. The van der Waals surface area contributed by atoms with Crippen molar-refractivity contribution in [1.82, 2.24) is 0 Å². The number of carbonyl (C=O) groups excluding carboxylic acids is 1. The number of nitro groups is 1. The normalized spacial score (nSPS) is 10.7. The number of hydrogen-bond donors (Lipinski definition) is 0. The van der Waals surface area contributed by atoms with Crippen molar-refractivity contribution in [2.24, 2.45) is 0 Å². The monoisotopic (exact) mass is 281 g/mol. The molecule has 1 heterocycles. The lowest BCUT2D eigenvalue weighted by Crippen LogP contribution is -1.88. The number of carbonyl (C=O) groups is 1. The fourth-order valence-corrected chi connectivity index (χ4v) is 2.30. The van der Waals surface area contributed by atoms with Crippen molar-refractivity contribution in [1.29, 1.82) is 0 Å². The number of furan rings is 1. The van der Waals surface area contributed by atoms with E-state index in [0.29, 0.717) is 33.9 Å². The summed E-state index contributed by atoms with van der Waals surface area (Å²) in [6, 6.07) is 12.1. The second-order valence-corrected chi connectivity index (χ2v) is 4.78. The molecule has 0 N–H and O–H groups in total. The van der Waals surface area contributed by atoms with E-state index in [4.69, 9.17) is 4.42 Å². The van der Waals surface area contributed by atoms with Gasteiger partial charge >= 0.3 is 5.88 Å². The van der Waals surface area contributed by atoms with E-state index in [1.165, 1.54) is 0 Å². The van der Waals surface area contributed by atoms with E-state index >= 15 is 0 Å². The summed E-state index contributed by atoms with van der Waals surface area (Å²) in [5.41, 5.74) is 2.99. The largest absolute Gasteiger partial charge is 0.442 e. The highest BCUT2D eigenvalue weighted by atomic mass is 16.6. The third-order valence-corrected chi connectivity index (χ3v) is 3.34. The maximum atomic E-state index is 11.2. The number of hydrogen-bond acceptors (Lipinski definition) is 4. The van der Waals surface area contributed by atoms with Crippen LogP contribution < -0.4 is 0 Å². The first-order valence-corrected chi connectivity index (χ1v) is 6.33. The van der Waals surface area contributed by atoms with E-state index in [-0.39, 0.29) is 5.88 Å². The molecule has 0 aliphatic heterocycles. The van der Waals surface area contributed by atoms with Crippen LogP contribution in [-0.2, 0) is 0 Å². The molecule has 0 radical (unpaired) electrons. The highest BCUT2D eigenvalue weighted by Crippen LogP contribution is 2.39. The first kappa shape index (κ1) is 13.1. The third kappa shape index (κ3) is 2.18. The molecule has 0 saturated carbocycles. The van der Waals surface area contributed by atoms with Gasteiger partial charge in [0.2, 0.25) is 0 Å². The summed E-state index contributed by atoms with van der Waals surface area (Å²) in [5.74, 6) is -0.308. The number of nitrogens with zero attached hydrogens (tertiary/aromatic N) is 1. The molecule has 0 saturated heterocycles. The Bertz CT molecular complexity index is 847. The fraction of sp³-hybridized carbons (Fsp3) is 0.0625. The molecule has 0 aliphatic carbocycles. The quantitative estimate of drug-likeness (QED) is 0.411. The predicted octanol–water partition coefficient (Wildman–Crippen LogP) is 4.13. The SMILES string of the molecule is Cc1ccc(-c2c([N+](=O)[O-])oc3ccc(C=O)cc23)cc1. The van der Waals surface area contributed by atoms with E-state index in [0.717, 1.165) is 5.56 Å². The molecule has 0 unspecified atom stereocenters. The number of fused-ring (bicyclic) bond motifs is 1. The summed E-state index contributed by atoms with van der Waals surface area (Å²) in [4.78, 5) is 21.6. The molecule has 3 rings (SSSR count). The van der Waals surface area contributed by atoms with Crippen LogP contribution in [0.25, 0.3) is 22.1 Å². The zero-order chi connectivity index (χ0) is 15.0. The lowest BCUT2D eigenvalue weighted by Gasteiger charge is -1.99. The van der Waals surface area contributed by atoms with Crippen molar-refractivity contribution in [2.75, 3.05) is 0 Å². The molecule has 3 aromatic rings. The number of benzene rings is 2. The molecule has 21 heavy (non-hydrogen) atoms. The van der Waals surface area contributed by atoms with E-state index in [2.05, 4.69) is 0 Å². The summed E-state index contributed by atoms with van der Waals surface area (Å²) >= 11 is 0. The second-order valence-electron chi connectivity index (χ2n) is 4.78. The van der Waals surface area contributed by atoms with E-state index in [9.17, 15) is 14.9 Å². The van der Waals surface area contributed by atoms with Crippen molar-refractivity contribution in [3.63, 3.8) is 0 Å². The van der Waals surface area contributed by atoms with Crippen LogP contribution in [0.15, 0.2) is 46.9 Å². The highest BCUT2D eigenvalue weighted by Gasteiger charge is 2.25. The maximum absolute atomic E-state index is 11.2. The van der Waals surface area contributed by atoms with Gasteiger partial charge in [0.25, 0.3) is 0 Å². The van der Waals surface area contributed by atoms with Crippen LogP contribution in [0.5, 0.6) is 0 Å². The predicted molar refractivity (Wildman–Crippen MR) is 78.4 cm³/mol. The Morgan fingerprint density at radius 2 is 1.86 bits per heavy atom. The average molecular weight is 281 g/mol.